The normalized spacial score (nSPS) is 24.9. The van der Waals surface area contributed by atoms with Crippen molar-refractivity contribution in [3.63, 3.8) is 0 Å². The second-order valence-corrected chi connectivity index (χ2v) is 6.01. The molecule has 2 N–H and O–H groups in total. The molecule has 2 rings (SSSR count). The number of hydrogen-bond donors (Lipinski definition) is 2. The van der Waals surface area contributed by atoms with Gasteiger partial charge in [0.15, 0.2) is 0 Å². The summed E-state index contributed by atoms with van der Waals surface area (Å²) in [6.07, 6.45) is 4.14. The van der Waals surface area contributed by atoms with Crippen LogP contribution in [-0.2, 0) is 9.53 Å². The first kappa shape index (κ1) is 15.1. The van der Waals surface area contributed by atoms with E-state index in [0.717, 1.165) is 25.8 Å². The summed E-state index contributed by atoms with van der Waals surface area (Å²) in [7, 11) is 1.67. The van der Waals surface area contributed by atoms with E-state index >= 15 is 0 Å². The molecule has 20 heavy (non-hydrogen) atoms. The average molecular weight is 284 g/mol. The van der Waals surface area contributed by atoms with E-state index in [-0.39, 0.29) is 12.6 Å². The predicted molar refractivity (Wildman–Crippen MR) is 73.5 cm³/mol. The lowest BCUT2D eigenvalue weighted by Gasteiger charge is -2.26. The zero-order valence-corrected chi connectivity index (χ0v) is 12.1. The number of amides is 2. The maximum atomic E-state index is 12.1. The second-order valence-electron chi connectivity index (χ2n) is 6.01. The van der Waals surface area contributed by atoms with Crippen LogP contribution in [-0.4, -0.2) is 55.4 Å². The molecule has 0 spiro atoms. The van der Waals surface area contributed by atoms with Crippen LogP contribution in [0.25, 0.3) is 0 Å². The number of likely N-dealkylation sites (tertiary alicyclic amines) is 1. The lowest BCUT2D eigenvalue weighted by atomic mass is 9.86. The van der Waals surface area contributed by atoms with Crippen molar-refractivity contribution in [1.29, 1.82) is 0 Å². The van der Waals surface area contributed by atoms with Gasteiger partial charge in [-0.1, -0.05) is 12.8 Å². The van der Waals surface area contributed by atoms with Crippen molar-refractivity contribution in [2.45, 2.75) is 32.1 Å². The van der Waals surface area contributed by atoms with Gasteiger partial charge >= 0.3 is 12.0 Å². The highest BCUT2D eigenvalue weighted by atomic mass is 16.5. The van der Waals surface area contributed by atoms with E-state index in [2.05, 4.69) is 5.32 Å². The number of nitrogens with one attached hydrogen (secondary N) is 1. The lowest BCUT2D eigenvalue weighted by molar-refractivity contribution is -0.148. The Hall–Kier alpha value is -1.30. The van der Waals surface area contributed by atoms with Gasteiger partial charge in [0.1, 0.15) is 0 Å². The van der Waals surface area contributed by atoms with Crippen LogP contribution in [0.15, 0.2) is 0 Å². The average Bonchev–Trinajstić information content (AvgIpc) is 3.06. The summed E-state index contributed by atoms with van der Waals surface area (Å²) in [4.78, 5) is 25.3. The van der Waals surface area contributed by atoms with E-state index in [4.69, 9.17) is 4.74 Å². The number of aliphatic carboxylic acids is 1. The van der Waals surface area contributed by atoms with Gasteiger partial charge in [0.2, 0.25) is 0 Å². The first-order chi connectivity index (χ1) is 9.57. The van der Waals surface area contributed by atoms with E-state index in [1.807, 2.05) is 0 Å². The Kier molecular flexibility index (Phi) is 4.86. The van der Waals surface area contributed by atoms with E-state index in [1.54, 1.807) is 12.0 Å². The Balaban J connectivity index is 1.82. The third-order valence-electron chi connectivity index (χ3n) is 4.57. The summed E-state index contributed by atoms with van der Waals surface area (Å²) < 4.78 is 5.11. The maximum absolute atomic E-state index is 12.1. The van der Waals surface area contributed by atoms with Gasteiger partial charge in [-0.15, -0.1) is 0 Å². The van der Waals surface area contributed by atoms with Crippen molar-refractivity contribution < 1.29 is 19.4 Å². The molecule has 2 amide bonds. The first-order valence-electron chi connectivity index (χ1n) is 7.32. The Bertz CT molecular complexity index is 366. The van der Waals surface area contributed by atoms with Crippen molar-refractivity contribution in [2.24, 2.45) is 11.3 Å². The van der Waals surface area contributed by atoms with E-state index in [1.165, 1.54) is 0 Å². The fourth-order valence-electron chi connectivity index (χ4n) is 3.26. The first-order valence-corrected chi connectivity index (χ1v) is 7.32. The molecule has 1 atom stereocenters. The number of carboxylic acids is 1. The molecule has 6 nitrogen and oxygen atoms in total. The summed E-state index contributed by atoms with van der Waals surface area (Å²) in [5.41, 5.74) is -0.749. The van der Waals surface area contributed by atoms with Gasteiger partial charge in [-0.05, 0) is 19.3 Å². The molecule has 1 saturated carbocycles. The number of nitrogens with zero attached hydrogens (tertiary/aromatic N) is 1. The number of carbonyl (C=O) groups is 2. The smallest absolute Gasteiger partial charge is 0.317 e. The van der Waals surface area contributed by atoms with Crippen LogP contribution in [0.4, 0.5) is 4.79 Å². The van der Waals surface area contributed by atoms with Crippen molar-refractivity contribution in [2.75, 3.05) is 33.4 Å². The maximum Gasteiger partial charge on any atom is 0.317 e. The van der Waals surface area contributed by atoms with Crippen molar-refractivity contribution in [1.82, 2.24) is 10.2 Å². The van der Waals surface area contributed by atoms with Gasteiger partial charge in [-0.25, -0.2) is 4.79 Å². The molecule has 1 saturated heterocycles. The quantitative estimate of drug-likeness (QED) is 0.798. The number of carbonyl (C=O) groups excluding carboxylic acids is 1. The van der Waals surface area contributed by atoms with Crippen LogP contribution in [0.2, 0.25) is 0 Å². The molecule has 0 aromatic heterocycles. The van der Waals surface area contributed by atoms with Crippen LogP contribution in [0.5, 0.6) is 0 Å². The molecule has 1 aliphatic carbocycles. The molecule has 0 bridgehead atoms. The van der Waals surface area contributed by atoms with Crippen LogP contribution >= 0.6 is 0 Å². The molecule has 1 aliphatic heterocycles. The zero-order valence-electron chi connectivity index (χ0n) is 12.1. The summed E-state index contributed by atoms with van der Waals surface area (Å²) in [5.74, 6) is -0.389. The third kappa shape index (κ3) is 3.23. The zero-order chi connectivity index (χ0) is 14.6. The molecule has 0 aromatic rings. The van der Waals surface area contributed by atoms with E-state index in [9.17, 15) is 14.7 Å². The number of rotatable bonds is 5. The Morgan fingerprint density at radius 2 is 2.10 bits per heavy atom. The standard InChI is InChI=1S/C14H24N2O4/c1-20-9-11-4-7-16(8-11)13(19)15-10-14(12(17)18)5-2-3-6-14/h11H,2-10H2,1H3,(H,15,19)(H,17,18). The SMILES string of the molecule is COCC1CCN(C(=O)NCC2(C(=O)O)CCCC2)C1. The topological polar surface area (TPSA) is 78.9 Å². The van der Waals surface area contributed by atoms with Crippen molar-refractivity contribution in [3.8, 4) is 0 Å². The molecular formula is C14H24N2O4. The monoisotopic (exact) mass is 284 g/mol. The number of carboxylic acid groups (broad SMARTS) is 1. The highest BCUT2D eigenvalue weighted by Gasteiger charge is 2.41. The molecule has 2 aliphatic rings. The minimum absolute atomic E-state index is 0.142. The Labute approximate surface area is 119 Å². The molecule has 6 heteroatoms. The highest BCUT2D eigenvalue weighted by Crippen LogP contribution is 2.37. The number of ether oxygens (including phenoxy) is 1. The molecule has 0 radical (unpaired) electrons. The van der Waals surface area contributed by atoms with Crippen LogP contribution < -0.4 is 5.32 Å². The lowest BCUT2D eigenvalue weighted by Crippen LogP contribution is -2.46. The Morgan fingerprint density at radius 3 is 2.70 bits per heavy atom. The summed E-state index contributed by atoms with van der Waals surface area (Å²) in [5, 5.41) is 12.2. The number of methoxy groups -OCH3 is 1. The minimum atomic E-state index is -0.783. The molecule has 0 aromatic carbocycles. The largest absolute Gasteiger partial charge is 0.481 e. The van der Waals surface area contributed by atoms with Gasteiger partial charge < -0.3 is 20.1 Å². The number of hydrogen-bond acceptors (Lipinski definition) is 3. The predicted octanol–water partition coefficient (Wildman–Crippen LogP) is 1.31. The van der Waals surface area contributed by atoms with Crippen LogP contribution in [0.1, 0.15) is 32.1 Å². The van der Waals surface area contributed by atoms with Gasteiger partial charge in [0.25, 0.3) is 0 Å². The molecular weight excluding hydrogens is 260 g/mol. The van der Waals surface area contributed by atoms with Gasteiger partial charge in [-0.3, -0.25) is 4.79 Å². The number of urea groups is 1. The Morgan fingerprint density at radius 1 is 1.40 bits per heavy atom. The fourth-order valence-corrected chi connectivity index (χ4v) is 3.26. The molecule has 114 valence electrons. The van der Waals surface area contributed by atoms with E-state index in [0.29, 0.717) is 31.9 Å². The second kappa shape index (κ2) is 6.43. The summed E-state index contributed by atoms with van der Waals surface area (Å²) >= 11 is 0. The van der Waals surface area contributed by atoms with Crippen LogP contribution in [0.3, 0.4) is 0 Å². The minimum Gasteiger partial charge on any atom is -0.481 e. The van der Waals surface area contributed by atoms with E-state index < -0.39 is 11.4 Å². The summed E-state index contributed by atoms with van der Waals surface area (Å²) in [6.45, 7) is 2.33. The van der Waals surface area contributed by atoms with Gasteiger partial charge in [0, 0.05) is 32.7 Å². The molecule has 2 fully saturated rings. The molecule has 1 heterocycles. The van der Waals surface area contributed by atoms with Crippen LogP contribution in [0, 0.1) is 11.3 Å². The fraction of sp³-hybridized carbons (Fsp3) is 0.857. The molecule has 1 unspecified atom stereocenters. The summed E-state index contributed by atoms with van der Waals surface area (Å²) in [6, 6.07) is -0.142. The van der Waals surface area contributed by atoms with Crippen molar-refractivity contribution >= 4 is 12.0 Å². The van der Waals surface area contributed by atoms with Crippen molar-refractivity contribution in [3.05, 3.63) is 0 Å². The van der Waals surface area contributed by atoms with Gasteiger partial charge in [-0.2, -0.15) is 0 Å². The third-order valence-corrected chi connectivity index (χ3v) is 4.57. The van der Waals surface area contributed by atoms with Gasteiger partial charge in [0.05, 0.1) is 12.0 Å². The highest BCUT2D eigenvalue weighted by molar-refractivity contribution is 5.78.